The minimum absolute atomic E-state index is 0.167. The van der Waals surface area contributed by atoms with E-state index in [4.69, 9.17) is 9.47 Å². The van der Waals surface area contributed by atoms with E-state index in [9.17, 15) is 4.79 Å². The fourth-order valence-corrected chi connectivity index (χ4v) is 3.13. The highest BCUT2D eigenvalue weighted by Crippen LogP contribution is 2.31. The van der Waals surface area contributed by atoms with E-state index in [0.29, 0.717) is 24.5 Å². The number of para-hydroxylation sites is 1. The van der Waals surface area contributed by atoms with Gasteiger partial charge in [-0.2, -0.15) is 0 Å². The number of anilines is 1. The molecule has 0 aliphatic carbocycles. The van der Waals surface area contributed by atoms with E-state index >= 15 is 0 Å². The van der Waals surface area contributed by atoms with Crippen LogP contribution in [-0.2, 0) is 17.8 Å². The Labute approximate surface area is 158 Å². The number of rotatable bonds is 5. The third-order valence-corrected chi connectivity index (χ3v) is 4.57. The van der Waals surface area contributed by atoms with Crippen molar-refractivity contribution in [2.45, 2.75) is 26.1 Å². The van der Waals surface area contributed by atoms with Crippen LogP contribution in [0.15, 0.2) is 72.8 Å². The van der Waals surface area contributed by atoms with E-state index in [1.807, 2.05) is 79.7 Å². The Balaban J connectivity index is 1.46. The van der Waals surface area contributed by atoms with Crippen molar-refractivity contribution in [2.24, 2.45) is 0 Å². The average Bonchev–Trinajstić information content (AvgIpc) is 3.13. The molecule has 1 atom stereocenters. The molecule has 136 valence electrons. The van der Waals surface area contributed by atoms with E-state index in [0.717, 1.165) is 22.4 Å². The standard InChI is InChI=1S/C23H21NO3/c1-16-11-12-19(21(13-16)26-15-17-7-3-2-4-8-17)24-23(25)22-14-18-9-5-6-10-20(18)27-22/h2-13,22H,14-15H2,1H3,(H,24,25). The van der Waals surface area contributed by atoms with Crippen molar-refractivity contribution in [3.8, 4) is 11.5 Å². The largest absolute Gasteiger partial charge is 0.487 e. The molecular formula is C23H21NO3. The number of hydrogen-bond donors (Lipinski definition) is 1. The van der Waals surface area contributed by atoms with Gasteiger partial charge >= 0.3 is 0 Å². The molecule has 3 aromatic carbocycles. The third kappa shape index (κ3) is 3.95. The first-order valence-corrected chi connectivity index (χ1v) is 9.02. The van der Waals surface area contributed by atoms with Gasteiger partial charge in [0.1, 0.15) is 18.1 Å². The van der Waals surface area contributed by atoms with E-state index in [1.54, 1.807) is 0 Å². The molecule has 0 saturated heterocycles. The third-order valence-electron chi connectivity index (χ3n) is 4.57. The van der Waals surface area contributed by atoms with Gasteiger partial charge in [-0.05, 0) is 41.8 Å². The summed E-state index contributed by atoms with van der Waals surface area (Å²) in [6.45, 7) is 2.44. The summed E-state index contributed by atoms with van der Waals surface area (Å²) in [5.41, 5.74) is 3.86. The van der Waals surface area contributed by atoms with Gasteiger partial charge in [0.25, 0.3) is 5.91 Å². The van der Waals surface area contributed by atoms with Crippen LogP contribution in [0.25, 0.3) is 0 Å². The van der Waals surface area contributed by atoms with Gasteiger partial charge < -0.3 is 14.8 Å². The van der Waals surface area contributed by atoms with Crippen molar-refractivity contribution in [1.82, 2.24) is 0 Å². The Morgan fingerprint density at radius 2 is 1.85 bits per heavy atom. The molecule has 0 spiro atoms. The second kappa shape index (κ2) is 7.54. The number of hydrogen-bond acceptors (Lipinski definition) is 3. The maximum atomic E-state index is 12.7. The van der Waals surface area contributed by atoms with Crippen LogP contribution < -0.4 is 14.8 Å². The van der Waals surface area contributed by atoms with Gasteiger partial charge in [-0.3, -0.25) is 4.79 Å². The molecule has 4 heteroatoms. The lowest BCUT2D eigenvalue weighted by Gasteiger charge is -2.16. The van der Waals surface area contributed by atoms with Gasteiger partial charge in [0.15, 0.2) is 6.10 Å². The van der Waals surface area contributed by atoms with Gasteiger partial charge in [-0.1, -0.05) is 54.6 Å². The fourth-order valence-electron chi connectivity index (χ4n) is 3.13. The Kier molecular flexibility index (Phi) is 4.79. The van der Waals surface area contributed by atoms with Crippen LogP contribution >= 0.6 is 0 Å². The number of fused-ring (bicyclic) bond motifs is 1. The molecule has 1 N–H and O–H groups in total. The van der Waals surface area contributed by atoms with E-state index < -0.39 is 6.10 Å². The average molecular weight is 359 g/mol. The first-order valence-electron chi connectivity index (χ1n) is 9.02. The molecule has 0 bridgehead atoms. The maximum absolute atomic E-state index is 12.7. The normalized spacial score (nSPS) is 14.9. The lowest BCUT2D eigenvalue weighted by atomic mass is 10.1. The van der Waals surface area contributed by atoms with Crippen LogP contribution in [0.5, 0.6) is 11.5 Å². The minimum atomic E-state index is -0.523. The Bertz CT molecular complexity index is 928. The summed E-state index contributed by atoms with van der Waals surface area (Å²) in [5, 5.41) is 2.96. The predicted molar refractivity (Wildman–Crippen MR) is 105 cm³/mol. The molecule has 4 rings (SSSR count). The first kappa shape index (κ1) is 17.2. The second-order valence-corrected chi connectivity index (χ2v) is 6.68. The number of carbonyl (C=O) groups excluding carboxylic acids is 1. The van der Waals surface area contributed by atoms with Crippen LogP contribution in [0, 0.1) is 6.92 Å². The summed E-state index contributed by atoms with van der Waals surface area (Å²) in [7, 11) is 0. The van der Waals surface area contributed by atoms with E-state index in [1.165, 1.54) is 0 Å². The lowest BCUT2D eigenvalue weighted by molar-refractivity contribution is -0.122. The molecule has 1 aliphatic rings. The Hall–Kier alpha value is -3.27. The van der Waals surface area contributed by atoms with Gasteiger partial charge in [0.2, 0.25) is 0 Å². The molecule has 27 heavy (non-hydrogen) atoms. The molecule has 0 saturated carbocycles. The topological polar surface area (TPSA) is 47.6 Å². The van der Waals surface area contributed by atoms with Crippen LogP contribution in [0.2, 0.25) is 0 Å². The van der Waals surface area contributed by atoms with Crippen molar-refractivity contribution in [2.75, 3.05) is 5.32 Å². The number of aryl methyl sites for hydroxylation is 1. The van der Waals surface area contributed by atoms with Gasteiger partial charge in [-0.15, -0.1) is 0 Å². The number of amides is 1. The first-order chi connectivity index (χ1) is 13.2. The van der Waals surface area contributed by atoms with Gasteiger partial charge in [-0.25, -0.2) is 0 Å². The summed E-state index contributed by atoms with van der Waals surface area (Å²) in [5.74, 6) is 1.27. The van der Waals surface area contributed by atoms with Crippen LogP contribution in [0.1, 0.15) is 16.7 Å². The molecule has 0 aromatic heterocycles. The molecule has 0 fully saturated rings. The molecule has 1 amide bonds. The Morgan fingerprint density at radius 3 is 2.67 bits per heavy atom. The monoisotopic (exact) mass is 359 g/mol. The lowest BCUT2D eigenvalue weighted by Crippen LogP contribution is -2.31. The number of benzene rings is 3. The number of ether oxygens (including phenoxy) is 2. The Morgan fingerprint density at radius 1 is 1.07 bits per heavy atom. The number of nitrogens with one attached hydrogen (secondary N) is 1. The highest BCUT2D eigenvalue weighted by atomic mass is 16.5. The van der Waals surface area contributed by atoms with E-state index in [2.05, 4.69) is 5.32 Å². The summed E-state index contributed by atoms with van der Waals surface area (Å²) < 4.78 is 11.8. The van der Waals surface area contributed by atoms with Crippen LogP contribution in [0.4, 0.5) is 5.69 Å². The zero-order chi connectivity index (χ0) is 18.6. The second-order valence-electron chi connectivity index (χ2n) is 6.68. The highest BCUT2D eigenvalue weighted by molar-refractivity contribution is 5.96. The number of carbonyl (C=O) groups is 1. The van der Waals surface area contributed by atoms with Gasteiger partial charge in [0.05, 0.1) is 5.69 Å². The van der Waals surface area contributed by atoms with Crippen molar-refractivity contribution in [1.29, 1.82) is 0 Å². The quantitative estimate of drug-likeness (QED) is 0.729. The van der Waals surface area contributed by atoms with Gasteiger partial charge in [0, 0.05) is 6.42 Å². The van der Waals surface area contributed by atoms with Crippen molar-refractivity contribution in [3.05, 3.63) is 89.5 Å². The summed E-state index contributed by atoms with van der Waals surface area (Å²) in [6, 6.07) is 23.5. The molecule has 1 unspecified atom stereocenters. The van der Waals surface area contributed by atoms with Crippen molar-refractivity contribution in [3.63, 3.8) is 0 Å². The zero-order valence-electron chi connectivity index (χ0n) is 15.1. The van der Waals surface area contributed by atoms with Crippen LogP contribution in [-0.4, -0.2) is 12.0 Å². The molecule has 1 heterocycles. The van der Waals surface area contributed by atoms with E-state index in [-0.39, 0.29) is 5.91 Å². The summed E-state index contributed by atoms with van der Waals surface area (Å²) in [6.07, 6.45) is 0.0549. The molecule has 0 radical (unpaired) electrons. The van der Waals surface area contributed by atoms with Crippen molar-refractivity contribution < 1.29 is 14.3 Å². The highest BCUT2D eigenvalue weighted by Gasteiger charge is 2.29. The van der Waals surface area contributed by atoms with Crippen LogP contribution in [0.3, 0.4) is 0 Å². The van der Waals surface area contributed by atoms with Crippen molar-refractivity contribution >= 4 is 11.6 Å². The SMILES string of the molecule is Cc1ccc(NC(=O)C2Cc3ccccc3O2)c(OCc2ccccc2)c1. The predicted octanol–water partition coefficient (Wildman–Crippen LogP) is 4.52. The summed E-state index contributed by atoms with van der Waals surface area (Å²) in [4.78, 5) is 12.7. The fraction of sp³-hybridized carbons (Fsp3) is 0.174. The maximum Gasteiger partial charge on any atom is 0.265 e. The molecule has 4 nitrogen and oxygen atoms in total. The molecule has 1 aliphatic heterocycles. The summed E-state index contributed by atoms with van der Waals surface area (Å²) >= 11 is 0. The molecule has 3 aromatic rings. The zero-order valence-corrected chi connectivity index (χ0v) is 15.1. The molecular weight excluding hydrogens is 338 g/mol. The smallest absolute Gasteiger partial charge is 0.265 e. The minimum Gasteiger partial charge on any atom is -0.487 e.